The first-order valence-corrected chi connectivity index (χ1v) is 6.88. The van der Waals surface area contributed by atoms with Crippen LogP contribution in [0, 0.1) is 0 Å². The average Bonchev–Trinajstić information content (AvgIpc) is 2.38. The summed E-state index contributed by atoms with van der Waals surface area (Å²) in [6, 6.07) is 5.46. The third kappa shape index (κ3) is 2.69. The standard InChI is InChI=1S/C11H8F7NO2S/c1-19-8(7-5-3-2-4-6-7)9(12,13)22(20,21)11(17,18)10(14,15)16/h2-6H,1H3. The van der Waals surface area contributed by atoms with Gasteiger partial charge in [-0.1, -0.05) is 30.3 Å². The van der Waals surface area contributed by atoms with Crippen LogP contribution >= 0.6 is 0 Å². The van der Waals surface area contributed by atoms with Crippen molar-refractivity contribution in [2.45, 2.75) is 16.7 Å². The molecule has 0 atom stereocenters. The van der Waals surface area contributed by atoms with Crippen LogP contribution in [0.1, 0.15) is 5.56 Å². The summed E-state index contributed by atoms with van der Waals surface area (Å²) in [6.07, 6.45) is -6.69. The lowest BCUT2D eigenvalue weighted by Gasteiger charge is -2.26. The molecule has 1 rings (SSSR count). The number of sulfone groups is 1. The first-order chi connectivity index (χ1) is 9.80. The lowest BCUT2D eigenvalue weighted by molar-refractivity contribution is -0.242. The van der Waals surface area contributed by atoms with Crippen molar-refractivity contribution in [3.8, 4) is 0 Å². The number of nitrogens with zero attached hydrogens (tertiary/aromatic N) is 1. The molecule has 0 spiro atoms. The molecule has 22 heavy (non-hydrogen) atoms. The molecule has 0 fully saturated rings. The van der Waals surface area contributed by atoms with Gasteiger partial charge in [0.05, 0.1) is 0 Å². The van der Waals surface area contributed by atoms with Crippen molar-refractivity contribution in [2.24, 2.45) is 4.99 Å². The smallest absolute Gasteiger partial charge is 0.285 e. The van der Waals surface area contributed by atoms with Gasteiger partial charge in [0.1, 0.15) is 5.71 Å². The molecule has 1 aromatic carbocycles. The highest BCUT2D eigenvalue weighted by molar-refractivity contribution is 7.94. The number of hydrogen-bond donors (Lipinski definition) is 0. The van der Waals surface area contributed by atoms with Gasteiger partial charge in [-0.05, 0) is 0 Å². The second-order valence-electron chi connectivity index (χ2n) is 3.97. The van der Waals surface area contributed by atoms with E-state index < -0.39 is 37.8 Å². The van der Waals surface area contributed by atoms with Crippen molar-refractivity contribution >= 4 is 15.5 Å². The van der Waals surface area contributed by atoms with E-state index in [1.807, 2.05) is 0 Å². The van der Waals surface area contributed by atoms with Crippen molar-refractivity contribution in [3.05, 3.63) is 35.9 Å². The molecule has 0 N–H and O–H groups in total. The minimum absolute atomic E-state index is 0.600. The van der Waals surface area contributed by atoms with E-state index in [1.54, 1.807) is 0 Å². The number of alkyl halides is 7. The molecular formula is C11H8F7NO2S. The topological polar surface area (TPSA) is 46.5 Å². The zero-order valence-corrected chi connectivity index (χ0v) is 11.5. The Morgan fingerprint density at radius 1 is 0.955 bits per heavy atom. The summed E-state index contributed by atoms with van der Waals surface area (Å²) in [6.45, 7) is 0. The Balaban J connectivity index is 3.52. The number of hydrogen-bond acceptors (Lipinski definition) is 3. The van der Waals surface area contributed by atoms with Crippen molar-refractivity contribution in [1.29, 1.82) is 0 Å². The largest absolute Gasteiger partial charge is 0.469 e. The third-order valence-electron chi connectivity index (χ3n) is 2.55. The lowest BCUT2D eigenvalue weighted by Crippen LogP contribution is -2.54. The van der Waals surface area contributed by atoms with Gasteiger partial charge >= 0.3 is 16.7 Å². The fourth-order valence-corrected chi connectivity index (χ4v) is 2.55. The Bertz CT molecular complexity index is 665. The molecule has 1 aromatic rings. The molecule has 11 heteroatoms. The van der Waals surface area contributed by atoms with E-state index in [2.05, 4.69) is 4.99 Å². The third-order valence-corrected chi connectivity index (χ3v) is 4.33. The summed E-state index contributed by atoms with van der Waals surface area (Å²) in [5.74, 6) is 0. The molecule has 0 aromatic heterocycles. The zero-order chi connectivity index (χ0) is 17.4. The van der Waals surface area contributed by atoms with Crippen LogP contribution in [0.5, 0.6) is 0 Å². The van der Waals surface area contributed by atoms with Crippen LogP contribution in [0.4, 0.5) is 30.7 Å². The van der Waals surface area contributed by atoms with Crippen LogP contribution in [-0.2, 0) is 9.84 Å². The second-order valence-corrected chi connectivity index (χ2v) is 6.01. The van der Waals surface area contributed by atoms with Gasteiger partial charge in [0.15, 0.2) is 0 Å². The molecule has 0 bridgehead atoms. The van der Waals surface area contributed by atoms with Crippen LogP contribution in [0.2, 0.25) is 0 Å². The van der Waals surface area contributed by atoms with Gasteiger partial charge in [0.2, 0.25) is 0 Å². The molecule has 0 saturated carbocycles. The summed E-state index contributed by atoms with van der Waals surface area (Å²) < 4.78 is 112. The van der Waals surface area contributed by atoms with Gasteiger partial charge in [-0.3, -0.25) is 4.99 Å². The van der Waals surface area contributed by atoms with Gasteiger partial charge in [0, 0.05) is 12.6 Å². The zero-order valence-electron chi connectivity index (χ0n) is 10.7. The Kier molecular flexibility index (Phi) is 4.62. The van der Waals surface area contributed by atoms with Gasteiger partial charge < -0.3 is 0 Å². The van der Waals surface area contributed by atoms with E-state index >= 15 is 0 Å². The van der Waals surface area contributed by atoms with Crippen LogP contribution in [0.3, 0.4) is 0 Å². The van der Waals surface area contributed by atoms with Crippen molar-refractivity contribution in [2.75, 3.05) is 7.05 Å². The van der Waals surface area contributed by atoms with E-state index in [4.69, 9.17) is 0 Å². The first kappa shape index (κ1) is 18.4. The maximum absolute atomic E-state index is 13.9. The Morgan fingerprint density at radius 2 is 1.41 bits per heavy atom. The van der Waals surface area contributed by atoms with E-state index in [1.165, 1.54) is 6.07 Å². The first-order valence-electron chi connectivity index (χ1n) is 5.40. The van der Waals surface area contributed by atoms with Gasteiger partial charge in [-0.2, -0.15) is 30.7 Å². The monoisotopic (exact) mass is 351 g/mol. The molecule has 0 aliphatic rings. The van der Waals surface area contributed by atoms with E-state index in [0.717, 1.165) is 24.3 Å². The number of benzene rings is 1. The van der Waals surface area contributed by atoms with Crippen LogP contribution in [0.15, 0.2) is 35.3 Å². The number of halogens is 7. The van der Waals surface area contributed by atoms with Gasteiger partial charge in [-0.15, -0.1) is 0 Å². The number of aliphatic imine (C=N–C) groups is 1. The minimum Gasteiger partial charge on any atom is -0.285 e. The van der Waals surface area contributed by atoms with Crippen LogP contribution in [-0.4, -0.2) is 37.9 Å². The molecule has 124 valence electrons. The highest BCUT2D eigenvalue weighted by Crippen LogP contribution is 2.46. The normalized spacial score (nSPS) is 15.0. The molecule has 0 amide bonds. The summed E-state index contributed by atoms with van der Waals surface area (Å²) in [5.41, 5.74) is -2.31. The minimum atomic E-state index is -7.28. The SMILES string of the molecule is CN=C(c1ccccc1)C(F)(F)S(=O)(=O)C(F)(F)C(F)(F)F. The van der Waals surface area contributed by atoms with Gasteiger partial charge in [-0.25, -0.2) is 8.42 Å². The molecule has 0 aliphatic carbocycles. The predicted octanol–water partition coefficient (Wildman–Crippen LogP) is 3.27. The molecule has 0 saturated heterocycles. The lowest BCUT2D eigenvalue weighted by atomic mass is 10.1. The van der Waals surface area contributed by atoms with Crippen LogP contribution in [0.25, 0.3) is 0 Å². The van der Waals surface area contributed by atoms with Crippen molar-refractivity contribution in [1.82, 2.24) is 0 Å². The fraction of sp³-hybridized carbons (Fsp3) is 0.364. The Hall–Kier alpha value is -1.65. The van der Waals surface area contributed by atoms with E-state index in [0.29, 0.717) is 7.05 Å². The van der Waals surface area contributed by atoms with Crippen molar-refractivity contribution < 1.29 is 39.2 Å². The molecule has 0 aliphatic heterocycles. The average molecular weight is 351 g/mol. The molecule has 0 unspecified atom stereocenters. The highest BCUT2D eigenvalue weighted by atomic mass is 32.2. The summed E-state index contributed by atoms with van der Waals surface area (Å²) in [7, 11) is -6.63. The van der Waals surface area contributed by atoms with E-state index in [-0.39, 0.29) is 0 Å². The maximum Gasteiger partial charge on any atom is 0.469 e. The summed E-state index contributed by atoms with van der Waals surface area (Å²) >= 11 is 0. The summed E-state index contributed by atoms with van der Waals surface area (Å²) in [4.78, 5) is 2.88. The van der Waals surface area contributed by atoms with E-state index in [9.17, 15) is 39.2 Å². The highest BCUT2D eigenvalue weighted by Gasteiger charge is 2.75. The quantitative estimate of drug-likeness (QED) is 0.617. The van der Waals surface area contributed by atoms with Gasteiger partial charge in [0.25, 0.3) is 9.84 Å². The molecule has 0 heterocycles. The molecular weight excluding hydrogens is 343 g/mol. The van der Waals surface area contributed by atoms with Crippen LogP contribution < -0.4 is 0 Å². The summed E-state index contributed by atoms with van der Waals surface area (Å²) in [5, 5.41) is -12.2. The van der Waals surface area contributed by atoms with Crippen molar-refractivity contribution in [3.63, 3.8) is 0 Å². The predicted molar refractivity (Wildman–Crippen MR) is 63.8 cm³/mol. The molecule has 3 nitrogen and oxygen atoms in total. The Labute approximate surface area is 120 Å². The maximum atomic E-state index is 13.9. The second kappa shape index (κ2) is 5.52. The fourth-order valence-electron chi connectivity index (χ4n) is 1.46. The number of rotatable bonds is 4. The molecule has 0 radical (unpaired) electrons. The Morgan fingerprint density at radius 3 is 1.77 bits per heavy atom.